The summed E-state index contributed by atoms with van der Waals surface area (Å²) in [6.45, 7) is 5.80. The van der Waals surface area contributed by atoms with Crippen LogP contribution in [-0.2, 0) is 31.9 Å². The summed E-state index contributed by atoms with van der Waals surface area (Å²) in [6.07, 6.45) is -0.193. The lowest BCUT2D eigenvalue weighted by Crippen LogP contribution is -2.12. The molecule has 0 saturated carbocycles. The quantitative estimate of drug-likeness (QED) is 0.168. The van der Waals surface area contributed by atoms with E-state index in [0.717, 1.165) is 38.6 Å². The van der Waals surface area contributed by atoms with Crippen molar-refractivity contribution in [3.05, 3.63) is 112 Å². The van der Waals surface area contributed by atoms with Crippen LogP contribution in [0.3, 0.4) is 0 Å². The maximum Gasteiger partial charge on any atom is 0.311 e. The molecule has 0 spiro atoms. The molecule has 0 aliphatic heterocycles. The van der Waals surface area contributed by atoms with Gasteiger partial charge in [-0.3, -0.25) is 9.59 Å². The van der Waals surface area contributed by atoms with Gasteiger partial charge in [0.25, 0.3) is 0 Å². The fourth-order valence-electron chi connectivity index (χ4n) is 4.84. The van der Waals surface area contributed by atoms with E-state index in [4.69, 9.17) is 25.6 Å². The maximum absolute atomic E-state index is 12.9. The molecule has 1 atom stereocenters. The Morgan fingerprint density at radius 2 is 1.51 bits per heavy atom. The second kappa shape index (κ2) is 12.4. The predicted octanol–water partition coefficient (Wildman–Crippen LogP) is 8.08. The Bertz CT molecular complexity index is 1710. The van der Waals surface area contributed by atoms with Crippen LogP contribution in [0.4, 0.5) is 0 Å². The highest BCUT2D eigenvalue weighted by Crippen LogP contribution is 2.32. The number of hydrogen-bond donors (Lipinski definition) is 0. The first-order valence-electron chi connectivity index (χ1n) is 13.5. The number of aryl methyl sites for hydroxylation is 1. The first-order chi connectivity index (χ1) is 19.8. The van der Waals surface area contributed by atoms with E-state index in [9.17, 15) is 9.59 Å². The zero-order valence-electron chi connectivity index (χ0n) is 23.1. The minimum atomic E-state index is -0.483. The van der Waals surface area contributed by atoms with Crippen LogP contribution in [-0.4, -0.2) is 23.7 Å². The van der Waals surface area contributed by atoms with Crippen LogP contribution in [0.5, 0.6) is 0 Å². The molecule has 0 aliphatic carbocycles. The SMILES string of the molecule is CCOC(=O)Cc1ccc(-c2ccc3cc(-c4onc(C)c4CC(=O)OC(C)c4ccccc4Cl)ccc3c2)cc1. The van der Waals surface area contributed by atoms with E-state index in [1.54, 1.807) is 19.9 Å². The van der Waals surface area contributed by atoms with Gasteiger partial charge >= 0.3 is 11.9 Å². The lowest BCUT2D eigenvalue weighted by atomic mass is 9.97. The van der Waals surface area contributed by atoms with Gasteiger partial charge in [0.1, 0.15) is 6.10 Å². The standard InChI is InChI=1S/C34H30ClNO5/c1-4-39-32(37)17-23-9-11-24(12-10-23)25-13-14-27-19-28(16-15-26(27)18-25)34-30(21(2)36-41-34)20-33(38)40-22(3)29-7-5-6-8-31(29)35/h5-16,18-19,22H,4,17,20H2,1-3H3. The molecule has 0 bridgehead atoms. The molecule has 0 fully saturated rings. The topological polar surface area (TPSA) is 78.6 Å². The summed E-state index contributed by atoms with van der Waals surface area (Å²) >= 11 is 6.27. The van der Waals surface area contributed by atoms with Crippen LogP contribution < -0.4 is 0 Å². The summed E-state index contributed by atoms with van der Waals surface area (Å²) in [6, 6.07) is 27.5. The number of rotatable bonds is 9. The number of aromatic nitrogens is 1. The molecule has 41 heavy (non-hydrogen) atoms. The van der Waals surface area contributed by atoms with E-state index in [0.29, 0.717) is 28.6 Å². The van der Waals surface area contributed by atoms with Crippen LogP contribution in [0, 0.1) is 6.92 Å². The van der Waals surface area contributed by atoms with Crippen molar-refractivity contribution in [3.8, 4) is 22.5 Å². The average molecular weight is 568 g/mol. The van der Waals surface area contributed by atoms with Crippen LogP contribution in [0.15, 0.2) is 89.5 Å². The molecule has 1 aromatic heterocycles. The van der Waals surface area contributed by atoms with Gasteiger partial charge in [0.15, 0.2) is 5.76 Å². The Morgan fingerprint density at radius 3 is 2.22 bits per heavy atom. The number of carbonyl (C=O) groups is 2. The third-order valence-corrected chi connectivity index (χ3v) is 7.34. The van der Waals surface area contributed by atoms with E-state index in [1.807, 2.05) is 67.6 Å². The predicted molar refractivity (Wildman–Crippen MR) is 160 cm³/mol. The maximum atomic E-state index is 12.9. The molecule has 0 N–H and O–H groups in total. The van der Waals surface area contributed by atoms with Gasteiger partial charge in [-0.2, -0.15) is 0 Å². The molecule has 208 valence electrons. The first kappa shape index (κ1) is 28.1. The minimum Gasteiger partial charge on any atom is -0.466 e. The van der Waals surface area contributed by atoms with E-state index in [-0.39, 0.29) is 24.8 Å². The normalized spacial score (nSPS) is 11.8. The van der Waals surface area contributed by atoms with Gasteiger partial charge in [0, 0.05) is 21.7 Å². The molecule has 5 rings (SSSR count). The summed E-state index contributed by atoms with van der Waals surface area (Å²) < 4.78 is 16.4. The third-order valence-electron chi connectivity index (χ3n) is 7.00. The van der Waals surface area contributed by atoms with Crippen LogP contribution >= 0.6 is 11.6 Å². The van der Waals surface area contributed by atoms with Crippen molar-refractivity contribution in [2.75, 3.05) is 6.61 Å². The third kappa shape index (κ3) is 6.50. The van der Waals surface area contributed by atoms with E-state index in [2.05, 4.69) is 23.4 Å². The van der Waals surface area contributed by atoms with Crippen LogP contribution in [0.2, 0.25) is 5.02 Å². The average Bonchev–Trinajstić information content (AvgIpc) is 3.32. The summed E-state index contributed by atoms with van der Waals surface area (Å²) in [7, 11) is 0. The van der Waals surface area contributed by atoms with Crippen LogP contribution in [0.1, 0.15) is 42.3 Å². The number of esters is 2. The number of nitrogens with zero attached hydrogens (tertiary/aromatic N) is 1. The van der Waals surface area contributed by atoms with Gasteiger partial charge in [-0.1, -0.05) is 83.5 Å². The van der Waals surface area contributed by atoms with E-state index < -0.39 is 6.10 Å². The number of halogens is 1. The first-order valence-corrected chi connectivity index (χ1v) is 13.9. The van der Waals surface area contributed by atoms with Gasteiger partial charge in [0.2, 0.25) is 0 Å². The van der Waals surface area contributed by atoms with Gasteiger partial charge < -0.3 is 14.0 Å². The molecule has 5 aromatic rings. The van der Waals surface area contributed by atoms with Gasteiger partial charge in [-0.15, -0.1) is 0 Å². The fraction of sp³-hybridized carbons (Fsp3) is 0.206. The highest BCUT2D eigenvalue weighted by molar-refractivity contribution is 6.31. The second-order valence-corrected chi connectivity index (χ2v) is 10.3. The van der Waals surface area contributed by atoms with Crippen molar-refractivity contribution in [1.29, 1.82) is 0 Å². The van der Waals surface area contributed by atoms with Crippen molar-refractivity contribution in [2.45, 2.75) is 39.7 Å². The number of carbonyl (C=O) groups excluding carboxylic acids is 2. The molecule has 4 aromatic carbocycles. The Hall–Kier alpha value is -4.42. The van der Waals surface area contributed by atoms with Crippen LogP contribution in [0.25, 0.3) is 33.2 Å². The molecular weight excluding hydrogens is 538 g/mol. The highest BCUT2D eigenvalue weighted by atomic mass is 35.5. The molecule has 0 aliphatic rings. The van der Waals surface area contributed by atoms with Crippen molar-refractivity contribution >= 4 is 34.3 Å². The van der Waals surface area contributed by atoms with Gasteiger partial charge in [-0.05, 0) is 66.4 Å². The molecule has 6 nitrogen and oxygen atoms in total. The molecule has 0 radical (unpaired) electrons. The molecule has 1 unspecified atom stereocenters. The van der Waals surface area contributed by atoms with Gasteiger partial charge in [0.05, 0.1) is 25.1 Å². The highest BCUT2D eigenvalue weighted by Gasteiger charge is 2.21. The van der Waals surface area contributed by atoms with E-state index >= 15 is 0 Å². The fourth-order valence-corrected chi connectivity index (χ4v) is 5.12. The molecule has 0 amide bonds. The second-order valence-electron chi connectivity index (χ2n) is 9.86. The van der Waals surface area contributed by atoms with Gasteiger partial charge in [-0.25, -0.2) is 0 Å². The van der Waals surface area contributed by atoms with E-state index in [1.165, 1.54) is 0 Å². The lowest BCUT2D eigenvalue weighted by Gasteiger charge is -2.15. The molecular formula is C34H30ClNO5. The largest absolute Gasteiger partial charge is 0.466 e. The van der Waals surface area contributed by atoms with Crippen molar-refractivity contribution < 1.29 is 23.6 Å². The minimum absolute atomic E-state index is 0.0304. The van der Waals surface area contributed by atoms with Crippen molar-refractivity contribution in [1.82, 2.24) is 5.16 Å². The molecule has 7 heteroatoms. The summed E-state index contributed by atoms with van der Waals surface area (Å²) in [5.74, 6) is -0.0629. The Kier molecular flexibility index (Phi) is 8.50. The molecule has 0 saturated heterocycles. The summed E-state index contributed by atoms with van der Waals surface area (Å²) in [5.41, 5.74) is 5.96. The number of ether oxygens (including phenoxy) is 2. The zero-order chi connectivity index (χ0) is 28.9. The smallest absolute Gasteiger partial charge is 0.311 e. The number of benzene rings is 4. The van der Waals surface area contributed by atoms with Crippen molar-refractivity contribution in [2.24, 2.45) is 0 Å². The zero-order valence-corrected chi connectivity index (χ0v) is 23.9. The molecule has 1 heterocycles. The summed E-state index contributed by atoms with van der Waals surface area (Å²) in [4.78, 5) is 24.6. The number of fused-ring (bicyclic) bond motifs is 1. The summed E-state index contributed by atoms with van der Waals surface area (Å²) in [5, 5.41) is 6.78. The Morgan fingerprint density at radius 1 is 0.854 bits per heavy atom. The number of hydrogen-bond acceptors (Lipinski definition) is 6. The monoisotopic (exact) mass is 567 g/mol. The van der Waals surface area contributed by atoms with Crippen molar-refractivity contribution in [3.63, 3.8) is 0 Å². The Balaban J connectivity index is 1.33. The Labute approximate surface area is 243 Å². The lowest BCUT2D eigenvalue weighted by molar-refractivity contribution is -0.147.